The van der Waals surface area contributed by atoms with Gasteiger partial charge in [-0.3, -0.25) is 0 Å². The molecule has 8 nitrogen and oxygen atoms in total. The second kappa shape index (κ2) is 15.3. The summed E-state index contributed by atoms with van der Waals surface area (Å²) in [5.41, 5.74) is -0.262. The van der Waals surface area contributed by atoms with E-state index in [-0.39, 0.29) is 5.60 Å². The van der Waals surface area contributed by atoms with Crippen molar-refractivity contribution >= 4 is 62.0 Å². The number of phosphoric acid groups is 2. The van der Waals surface area contributed by atoms with Gasteiger partial charge in [0.2, 0.25) is 0 Å². The molecule has 4 N–H and O–H groups in total. The molecular formula is C12H26Cl4O8P2. The van der Waals surface area contributed by atoms with Crippen molar-refractivity contribution in [2.45, 2.75) is 38.2 Å². The number of hydrogen-bond donors (Lipinski definition) is 4. The summed E-state index contributed by atoms with van der Waals surface area (Å²) in [6, 6.07) is 0. The van der Waals surface area contributed by atoms with Crippen LogP contribution in [0.1, 0.15) is 32.6 Å². The molecule has 0 spiro atoms. The molecule has 0 bridgehead atoms. The molecule has 0 aliphatic carbocycles. The van der Waals surface area contributed by atoms with Crippen LogP contribution in [0.4, 0.5) is 0 Å². The van der Waals surface area contributed by atoms with Crippen molar-refractivity contribution in [3.05, 3.63) is 0 Å². The second-order valence-electron chi connectivity index (χ2n) is 5.09. The van der Waals surface area contributed by atoms with Gasteiger partial charge in [0, 0.05) is 30.1 Å². The number of hydrogen-bond acceptors (Lipinski definition) is 4. The highest BCUT2D eigenvalue weighted by Gasteiger charge is 2.37. The van der Waals surface area contributed by atoms with Gasteiger partial charge in [-0.2, -0.15) is 4.31 Å². The van der Waals surface area contributed by atoms with Crippen molar-refractivity contribution in [3.63, 3.8) is 0 Å². The van der Waals surface area contributed by atoms with Gasteiger partial charge in [0.1, 0.15) is 0 Å². The third-order valence-electron chi connectivity index (χ3n) is 3.34. The fourth-order valence-electron chi connectivity index (χ4n) is 2.48. The van der Waals surface area contributed by atoms with Gasteiger partial charge >= 0.3 is 15.6 Å². The Morgan fingerprint density at radius 3 is 1.42 bits per heavy atom. The van der Waals surface area contributed by atoms with Crippen LogP contribution in [0, 0.1) is 5.92 Å². The summed E-state index contributed by atoms with van der Waals surface area (Å²) in [4.78, 5) is 31.0. The smallest absolute Gasteiger partial charge is 0.375 e. The first-order valence-electron chi connectivity index (χ1n) is 7.61. The molecule has 0 heterocycles. The van der Waals surface area contributed by atoms with E-state index in [9.17, 15) is 9.13 Å². The molecule has 160 valence electrons. The number of alkyl halides is 4. The molecule has 0 fully saturated rings. The zero-order valence-electron chi connectivity index (χ0n) is 14.3. The summed E-state index contributed by atoms with van der Waals surface area (Å²) in [6.07, 6.45) is 3.38. The lowest BCUT2D eigenvalue weighted by Crippen LogP contribution is -2.42. The van der Waals surface area contributed by atoms with E-state index in [1.165, 1.54) is 0 Å². The van der Waals surface area contributed by atoms with Crippen LogP contribution in [0.15, 0.2) is 0 Å². The Morgan fingerprint density at radius 2 is 1.23 bits per heavy atom. The molecule has 26 heavy (non-hydrogen) atoms. The number of halogens is 4. The molecule has 0 atom stereocenters. The molecule has 0 aromatic rings. The molecule has 0 aliphatic rings. The van der Waals surface area contributed by atoms with Crippen LogP contribution < -0.4 is 0 Å². The van der Waals surface area contributed by atoms with Crippen molar-refractivity contribution in [1.29, 1.82) is 0 Å². The predicted octanol–water partition coefficient (Wildman–Crippen LogP) is 4.08. The molecule has 0 saturated heterocycles. The zero-order chi connectivity index (χ0) is 20.9. The Kier molecular flexibility index (Phi) is 17.4. The summed E-state index contributed by atoms with van der Waals surface area (Å²) in [6.45, 7) is 2.66. The first-order chi connectivity index (χ1) is 11.9. The van der Waals surface area contributed by atoms with E-state index in [1.807, 2.05) is 6.92 Å². The lowest BCUT2D eigenvalue weighted by molar-refractivity contribution is -0.0885. The van der Waals surface area contributed by atoms with E-state index in [4.69, 9.17) is 70.7 Å². The van der Waals surface area contributed by atoms with Gasteiger partial charge < -0.3 is 24.3 Å². The molecule has 14 heteroatoms. The Hall–Kier alpha value is 1.38. The standard InChI is InChI=1S/C12H22Cl4O.H4O7P2/c1-2-17-12(5-9-15,6-10-16)11(3-7-13)4-8-14;1-8(2,3)7-9(4,5)6/h11H,2-10H2,1H3;(H2,1,2,3)(H2,4,5,6). The maximum absolute atomic E-state index is 9.63. The van der Waals surface area contributed by atoms with Gasteiger partial charge in [0.15, 0.2) is 0 Å². The topological polar surface area (TPSA) is 134 Å². The molecular weight excluding hydrogens is 476 g/mol. The minimum atomic E-state index is -5.05. The first-order valence-corrected chi connectivity index (χ1v) is 12.8. The summed E-state index contributed by atoms with van der Waals surface area (Å²) in [7, 11) is -10.1. The Morgan fingerprint density at radius 1 is 0.846 bits per heavy atom. The second-order valence-corrected chi connectivity index (χ2v) is 9.22. The van der Waals surface area contributed by atoms with Gasteiger partial charge in [0.05, 0.1) is 5.60 Å². The van der Waals surface area contributed by atoms with Gasteiger partial charge in [-0.25, -0.2) is 9.13 Å². The molecule has 0 aromatic heterocycles. The average Bonchev–Trinajstić information content (AvgIpc) is 2.44. The van der Waals surface area contributed by atoms with Crippen molar-refractivity contribution in [1.82, 2.24) is 0 Å². The van der Waals surface area contributed by atoms with E-state index in [0.717, 1.165) is 25.7 Å². The summed E-state index contributed by atoms with van der Waals surface area (Å²) >= 11 is 23.6. The predicted molar refractivity (Wildman–Crippen MR) is 104 cm³/mol. The van der Waals surface area contributed by atoms with Crippen molar-refractivity contribution in [2.24, 2.45) is 5.92 Å². The molecule has 0 aromatic carbocycles. The Bertz CT molecular complexity index is 402. The molecule has 0 amide bonds. The zero-order valence-corrected chi connectivity index (χ0v) is 19.1. The van der Waals surface area contributed by atoms with Crippen LogP contribution in [-0.4, -0.2) is 55.3 Å². The Balaban J connectivity index is 0. The van der Waals surface area contributed by atoms with Crippen LogP contribution in [0.2, 0.25) is 0 Å². The van der Waals surface area contributed by atoms with Gasteiger partial charge in [-0.15, -0.1) is 46.4 Å². The van der Waals surface area contributed by atoms with E-state index in [0.29, 0.717) is 36.0 Å². The summed E-state index contributed by atoms with van der Waals surface area (Å²) in [5, 5.41) is 0. The fourth-order valence-corrected chi connectivity index (χ4v) is 4.75. The normalized spacial score (nSPS) is 12.8. The summed E-state index contributed by atoms with van der Waals surface area (Å²) < 4.78 is 28.2. The van der Waals surface area contributed by atoms with Crippen LogP contribution in [0.25, 0.3) is 0 Å². The minimum absolute atomic E-state index is 0.262. The highest BCUT2D eigenvalue weighted by molar-refractivity contribution is 7.60. The van der Waals surface area contributed by atoms with E-state index in [1.54, 1.807) is 0 Å². The number of ether oxygens (including phenoxy) is 1. The van der Waals surface area contributed by atoms with Crippen LogP contribution in [0.5, 0.6) is 0 Å². The van der Waals surface area contributed by atoms with Crippen LogP contribution in [-0.2, 0) is 18.2 Å². The van der Waals surface area contributed by atoms with Crippen LogP contribution >= 0.6 is 62.0 Å². The minimum Gasteiger partial charge on any atom is -0.375 e. The lowest BCUT2D eigenvalue weighted by Gasteiger charge is -2.40. The largest absolute Gasteiger partial charge is 0.478 e. The third kappa shape index (κ3) is 15.3. The SMILES string of the molecule is CCOC(CCCl)(CCCl)C(CCCl)CCCl.O=P(O)(O)OP(=O)(O)O. The van der Waals surface area contributed by atoms with Crippen molar-refractivity contribution < 1.29 is 37.8 Å². The average molecular weight is 502 g/mol. The highest BCUT2D eigenvalue weighted by Crippen LogP contribution is 2.53. The first kappa shape index (κ1) is 29.6. The van der Waals surface area contributed by atoms with Gasteiger partial charge in [0.25, 0.3) is 0 Å². The molecule has 0 saturated carbocycles. The number of rotatable bonds is 13. The monoisotopic (exact) mass is 500 g/mol. The maximum Gasteiger partial charge on any atom is 0.478 e. The molecule has 0 aliphatic heterocycles. The maximum atomic E-state index is 9.63. The van der Waals surface area contributed by atoms with Gasteiger partial charge in [-0.05, 0) is 38.5 Å². The molecule has 0 unspecified atom stereocenters. The third-order valence-corrected chi connectivity index (χ3v) is 5.86. The van der Waals surface area contributed by atoms with Crippen molar-refractivity contribution in [2.75, 3.05) is 30.1 Å². The van der Waals surface area contributed by atoms with Crippen LogP contribution in [0.3, 0.4) is 0 Å². The van der Waals surface area contributed by atoms with E-state index >= 15 is 0 Å². The lowest BCUT2D eigenvalue weighted by atomic mass is 9.79. The molecule has 0 rings (SSSR count). The molecule has 0 radical (unpaired) electrons. The quantitative estimate of drug-likeness (QED) is 0.219. The summed E-state index contributed by atoms with van der Waals surface area (Å²) in [5.74, 6) is 2.69. The van der Waals surface area contributed by atoms with Gasteiger partial charge in [-0.1, -0.05) is 0 Å². The van der Waals surface area contributed by atoms with E-state index in [2.05, 4.69) is 4.31 Å². The highest BCUT2D eigenvalue weighted by atomic mass is 35.5. The fraction of sp³-hybridized carbons (Fsp3) is 1.00. The Labute approximate surface area is 173 Å². The van der Waals surface area contributed by atoms with Crippen molar-refractivity contribution in [3.8, 4) is 0 Å². The van der Waals surface area contributed by atoms with E-state index < -0.39 is 15.6 Å².